The molecular weight excluding hydrogens is 200 g/mol. The lowest BCUT2D eigenvalue weighted by molar-refractivity contribution is 0.163. The van der Waals surface area contributed by atoms with Crippen LogP contribution in [0.4, 0.5) is 0 Å². The molecule has 0 spiro atoms. The molecule has 0 aromatic carbocycles. The van der Waals surface area contributed by atoms with Gasteiger partial charge in [-0.25, -0.2) is 0 Å². The fraction of sp³-hybridized carbons (Fsp3) is 0.692. The first-order valence-electron chi connectivity index (χ1n) is 6.11. The summed E-state index contributed by atoms with van der Waals surface area (Å²) < 4.78 is 5.50. The number of hydrogen-bond donors (Lipinski definition) is 1. The second-order valence-electron chi connectivity index (χ2n) is 5.33. The van der Waals surface area contributed by atoms with Crippen LogP contribution in [-0.2, 0) is 0 Å². The van der Waals surface area contributed by atoms with Gasteiger partial charge in [-0.3, -0.25) is 4.90 Å². The van der Waals surface area contributed by atoms with Gasteiger partial charge in [0.15, 0.2) is 0 Å². The van der Waals surface area contributed by atoms with Crippen LogP contribution in [0.2, 0.25) is 0 Å². The lowest BCUT2D eigenvalue weighted by Crippen LogP contribution is -2.46. The van der Waals surface area contributed by atoms with E-state index in [1.165, 1.54) is 6.42 Å². The van der Waals surface area contributed by atoms with Gasteiger partial charge in [-0.2, -0.15) is 0 Å². The zero-order valence-corrected chi connectivity index (χ0v) is 10.5. The van der Waals surface area contributed by atoms with Crippen molar-refractivity contribution in [2.24, 2.45) is 0 Å². The molecule has 1 aromatic rings. The summed E-state index contributed by atoms with van der Waals surface area (Å²) in [6, 6.07) is 4.40. The summed E-state index contributed by atoms with van der Waals surface area (Å²) in [5.74, 6) is 1.07. The summed E-state index contributed by atoms with van der Waals surface area (Å²) in [6.07, 6.45) is 2.96. The molecule has 0 amide bonds. The van der Waals surface area contributed by atoms with Crippen LogP contribution in [0.3, 0.4) is 0 Å². The van der Waals surface area contributed by atoms with Crippen molar-refractivity contribution in [1.29, 1.82) is 0 Å². The van der Waals surface area contributed by atoms with Crippen LogP contribution in [0.1, 0.15) is 39.0 Å². The summed E-state index contributed by atoms with van der Waals surface area (Å²) in [5.41, 5.74) is 0.192. The Morgan fingerprint density at radius 3 is 3.00 bits per heavy atom. The maximum atomic E-state index is 5.50. The lowest BCUT2D eigenvalue weighted by Gasteiger charge is -2.33. The predicted octanol–water partition coefficient (Wildman–Crippen LogP) is 2.41. The van der Waals surface area contributed by atoms with E-state index in [-0.39, 0.29) is 5.54 Å². The number of hydrogen-bond acceptors (Lipinski definition) is 3. The molecule has 3 nitrogen and oxygen atoms in total. The van der Waals surface area contributed by atoms with Gasteiger partial charge in [0.25, 0.3) is 0 Å². The Hall–Kier alpha value is -0.800. The van der Waals surface area contributed by atoms with E-state index in [2.05, 4.69) is 37.1 Å². The summed E-state index contributed by atoms with van der Waals surface area (Å²) in [5, 5.41) is 3.58. The molecule has 3 heteroatoms. The number of furan rings is 1. The first kappa shape index (κ1) is 11.7. The van der Waals surface area contributed by atoms with Crippen molar-refractivity contribution >= 4 is 0 Å². The summed E-state index contributed by atoms with van der Waals surface area (Å²) >= 11 is 0. The molecule has 1 unspecified atom stereocenters. The monoisotopic (exact) mass is 222 g/mol. The molecule has 0 aliphatic carbocycles. The van der Waals surface area contributed by atoms with Crippen LogP contribution in [0.15, 0.2) is 22.8 Å². The number of nitrogens with zero attached hydrogens (tertiary/aromatic N) is 1. The Labute approximate surface area is 97.8 Å². The van der Waals surface area contributed by atoms with Gasteiger partial charge in [-0.05, 0) is 45.9 Å². The van der Waals surface area contributed by atoms with Gasteiger partial charge in [-0.1, -0.05) is 0 Å². The third-order valence-electron chi connectivity index (χ3n) is 3.33. The molecule has 1 saturated heterocycles. The van der Waals surface area contributed by atoms with Crippen LogP contribution in [0.25, 0.3) is 0 Å². The highest BCUT2D eigenvalue weighted by atomic mass is 16.3. The zero-order chi connectivity index (χ0) is 11.6. The third kappa shape index (κ3) is 2.66. The molecule has 0 bridgehead atoms. The average molecular weight is 222 g/mol. The van der Waals surface area contributed by atoms with Gasteiger partial charge in [0.05, 0.1) is 12.3 Å². The van der Waals surface area contributed by atoms with E-state index < -0.39 is 0 Å². The van der Waals surface area contributed by atoms with Crippen LogP contribution >= 0.6 is 0 Å². The van der Waals surface area contributed by atoms with Crippen molar-refractivity contribution in [3.05, 3.63) is 24.2 Å². The SMILES string of the molecule is CC(c1ccco1)N1CCCNC(C)(C)C1. The van der Waals surface area contributed by atoms with E-state index in [9.17, 15) is 0 Å². The average Bonchev–Trinajstić information content (AvgIpc) is 2.68. The van der Waals surface area contributed by atoms with Gasteiger partial charge in [-0.15, -0.1) is 0 Å². The molecule has 1 N–H and O–H groups in total. The van der Waals surface area contributed by atoms with E-state index >= 15 is 0 Å². The van der Waals surface area contributed by atoms with E-state index in [0.717, 1.165) is 25.4 Å². The van der Waals surface area contributed by atoms with E-state index in [0.29, 0.717) is 6.04 Å². The van der Waals surface area contributed by atoms with Crippen molar-refractivity contribution in [2.75, 3.05) is 19.6 Å². The summed E-state index contributed by atoms with van der Waals surface area (Å²) in [6.45, 7) is 10.1. The molecule has 0 saturated carbocycles. The first-order valence-corrected chi connectivity index (χ1v) is 6.11. The molecule has 2 rings (SSSR count). The Bertz CT molecular complexity index is 319. The minimum absolute atomic E-state index is 0.192. The van der Waals surface area contributed by atoms with E-state index in [4.69, 9.17) is 4.42 Å². The van der Waals surface area contributed by atoms with Crippen molar-refractivity contribution in [3.63, 3.8) is 0 Å². The van der Waals surface area contributed by atoms with Gasteiger partial charge in [0, 0.05) is 18.6 Å². The Balaban J connectivity index is 2.08. The second-order valence-corrected chi connectivity index (χ2v) is 5.33. The Kier molecular flexibility index (Phi) is 3.36. The van der Waals surface area contributed by atoms with Crippen LogP contribution in [0, 0.1) is 0 Å². The predicted molar refractivity (Wildman–Crippen MR) is 65.4 cm³/mol. The molecule has 1 aromatic heterocycles. The number of nitrogens with one attached hydrogen (secondary N) is 1. The largest absolute Gasteiger partial charge is 0.468 e. The van der Waals surface area contributed by atoms with Gasteiger partial charge in [0.1, 0.15) is 5.76 Å². The lowest BCUT2D eigenvalue weighted by atomic mass is 10.0. The minimum Gasteiger partial charge on any atom is -0.468 e. The van der Waals surface area contributed by atoms with Gasteiger partial charge >= 0.3 is 0 Å². The van der Waals surface area contributed by atoms with E-state index in [1.807, 2.05) is 6.07 Å². The maximum Gasteiger partial charge on any atom is 0.120 e. The van der Waals surface area contributed by atoms with Gasteiger partial charge in [0.2, 0.25) is 0 Å². The highest BCUT2D eigenvalue weighted by Gasteiger charge is 2.28. The molecule has 1 fully saturated rings. The van der Waals surface area contributed by atoms with Crippen molar-refractivity contribution < 1.29 is 4.42 Å². The Morgan fingerprint density at radius 2 is 2.31 bits per heavy atom. The van der Waals surface area contributed by atoms with Crippen LogP contribution in [-0.4, -0.2) is 30.1 Å². The molecular formula is C13H22N2O. The molecule has 1 atom stereocenters. The molecule has 0 radical (unpaired) electrons. The standard InChI is InChI=1S/C13H22N2O/c1-11(12-6-4-9-16-12)15-8-5-7-14-13(2,3)10-15/h4,6,9,11,14H,5,7-8,10H2,1-3H3. The molecule has 1 aliphatic heterocycles. The van der Waals surface area contributed by atoms with Crippen LogP contribution in [0.5, 0.6) is 0 Å². The smallest absolute Gasteiger partial charge is 0.120 e. The quantitative estimate of drug-likeness (QED) is 0.833. The first-order chi connectivity index (χ1) is 7.58. The summed E-state index contributed by atoms with van der Waals surface area (Å²) in [4.78, 5) is 2.50. The van der Waals surface area contributed by atoms with Crippen molar-refractivity contribution in [3.8, 4) is 0 Å². The highest BCUT2D eigenvalue weighted by molar-refractivity contribution is 5.04. The normalized spacial score (nSPS) is 23.9. The fourth-order valence-electron chi connectivity index (χ4n) is 2.39. The highest BCUT2D eigenvalue weighted by Crippen LogP contribution is 2.24. The van der Waals surface area contributed by atoms with E-state index in [1.54, 1.807) is 6.26 Å². The third-order valence-corrected chi connectivity index (χ3v) is 3.33. The molecule has 90 valence electrons. The zero-order valence-electron chi connectivity index (χ0n) is 10.5. The minimum atomic E-state index is 0.192. The van der Waals surface area contributed by atoms with Gasteiger partial charge < -0.3 is 9.73 Å². The molecule has 16 heavy (non-hydrogen) atoms. The molecule has 2 heterocycles. The Morgan fingerprint density at radius 1 is 1.50 bits per heavy atom. The van der Waals surface area contributed by atoms with Crippen LogP contribution < -0.4 is 5.32 Å². The maximum absolute atomic E-state index is 5.50. The topological polar surface area (TPSA) is 28.4 Å². The second kappa shape index (κ2) is 4.60. The van der Waals surface area contributed by atoms with Crippen molar-refractivity contribution in [1.82, 2.24) is 10.2 Å². The molecule has 1 aliphatic rings. The van der Waals surface area contributed by atoms with Crippen molar-refractivity contribution in [2.45, 2.75) is 38.8 Å². The number of rotatable bonds is 2. The summed E-state index contributed by atoms with van der Waals surface area (Å²) in [7, 11) is 0. The fourth-order valence-corrected chi connectivity index (χ4v) is 2.39.